The van der Waals surface area contributed by atoms with E-state index < -0.39 is 23.7 Å². The predicted octanol–water partition coefficient (Wildman–Crippen LogP) is -1.82. The monoisotopic (exact) mass is 221 g/mol. The molecule has 6 nitrogen and oxygen atoms in total. The largest absolute Gasteiger partial charge is 0.396 e. The molecule has 5 N–H and O–H groups in total. The Kier molecular flexibility index (Phi) is 5.74. The van der Waals surface area contributed by atoms with Gasteiger partial charge in [-0.2, -0.15) is 0 Å². The van der Waals surface area contributed by atoms with Crippen LogP contribution in [0.25, 0.3) is 0 Å². The second-order valence-corrected chi connectivity index (χ2v) is 4.11. The molecule has 0 saturated heterocycles. The summed E-state index contributed by atoms with van der Waals surface area (Å²) in [7, 11) is 0. The van der Waals surface area contributed by atoms with Gasteiger partial charge in [0.05, 0.1) is 6.61 Å². The first-order valence-electron chi connectivity index (χ1n) is 4.74. The molecule has 6 heteroatoms. The molecule has 0 aromatic rings. The molecule has 1 amide bonds. The molecule has 0 aliphatic carbocycles. The first kappa shape index (κ1) is 14.3. The van der Waals surface area contributed by atoms with Crippen LogP contribution in [0, 0.1) is 5.41 Å². The molecule has 0 heterocycles. The van der Waals surface area contributed by atoms with Crippen LogP contribution < -0.4 is 5.32 Å². The van der Waals surface area contributed by atoms with Crippen molar-refractivity contribution < 1.29 is 25.2 Å². The van der Waals surface area contributed by atoms with E-state index in [1.54, 1.807) is 13.8 Å². The lowest BCUT2D eigenvalue weighted by atomic mass is 9.87. The molecule has 0 saturated carbocycles. The quantitative estimate of drug-likeness (QED) is 0.339. The van der Waals surface area contributed by atoms with Crippen molar-refractivity contribution in [2.75, 3.05) is 13.2 Å². The van der Waals surface area contributed by atoms with Crippen molar-refractivity contribution in [2.24, 2.45) is 5.41 Å². The maximum absolute atomic E-state index is 11.3. The zero-order valence-corrected chi connectivity index (χ0v) is 8.97. The fourth-order valence-corrected chi connectivity index (χ4v) is 0.862. The van der Waals surface area contributed by atoms with Crippen LogP contribution in [0.3, 0.4) is 0 Å². The summed E-state index contributed by atoms with van der Waals surface area (Å²) in [5, 5.41) is 37.8. The number of nitrogens with one attached hydrogen (secondary N) is 1. The van der Waals surface area contributed by atoms with Gasteiger partial charge in [-0.1, -0.05) is 13.8 Å². The maximum Gasteiger partial charge on any atom is 0.249 e. The molecule has 0 aliphatic rings. The highest BCUT2D eigenvalue weighted by Crippen LogP contribution is 2.19. The predicted molar refractivity (Wildman–Crippen MR) is 52.7 cm³/mol. The van der Waals surface area contributed by atoms with E-state index >= 15 is 0 Å². The third kappa shape index (κ3) is 5.08. The minimum Gasteiger partial charge on any atom is -0.396 e. The third-order valence-corrected chi connectivity index (χ3v) is 2.10. The first-order valence-corrected chi connectivity index (χ1v) is 4.74. The number of amides is 1. The Labute approximate surface area is 88.5 Å². The smallest absolute Gasteiger partial charge is 0.249 e. The molecule has 90 valence electrons. The third-order valence-electron chi connectivity index (χ3n) is 2.10. The standard InChI is InChI=1S/C9H19NO5/c1-9(2,5-11)7(14)8(15)10-4-3-6(12)13/h6-7,11-14H,3-5H2,1-2H3,(H,10,15). The summed E-state index contributed by atoms with van der Waals surface area (Å²) in [6, 6.07) is 0. The van der Waals surface area contributed by atoms with E-state index in [1.807, 2.05) is 0 Å². The molecule has 0 rings (SSSR count). The Morgan fingerprint density at radius 3 is 2.27 bits per heavy atom. The summed E-state index contributed by atoms with van der Waals surface area (Å²) >= 11 is 0. The molecule has 0 aromatic carbocycles. The van der Waals surface area contributed by atoms with Crippen LogP contribution in [0.1, 0.15) is 20.3 Å². The van der Waals surface area contributed by atoms with Gasteiger partial charge in [0.25, 0.3) is 0 Å². The molecule has 1 unspecified atom stereocenters. The number of rotatable bonds is 6. The van der Waals surface area contributed by atoms with Gasteiger partial charge in [0.2, 0.25) is 5.91 Å². The summed E-state index contributed by atoms with van der Waals surface area (Å²) in [6.45, 7) is 2.86. The fraction of sp³-hybridized carbons (Fsp3) is 0.889. The van der Waals surface area contributed by atoms with Gasteiger partial charge in [0, 0.05) is 18.4 Å². The number of carbonyl (C=O) groups excluding carboxylic acids is 1. The van der Waals surface area contributed by atoms with Crippen LogP contribution >= 0.6 is 0 Å². The second-order valence-electron chi connectivity index (χ2n) is 4.11. The number of hydrogen-bond donors (Lipinski definition) is 5. The second kappa shape index (κ2) is 6.02. The summed E-state index contributed by atoms with van der Waals surface area (Å²) in [4.78, 5) is 11.3. The Morgan fingerprint density at radius 1 is 1.33 bits per heavy atom. The van der Waals surface area contributed by atoms with Gasteiger partial charge in [-0.15, -0.1) is 0 Å². The van der Waals surface area contributed by atoms with Crippen LogP contribution in [0.2, 0.25) is 0 Å². The van der Waals surface area contributed by atoms with Gasteiger partial charge in [-0.25, -0.2) is 0 Å². The summed E-state index contributed by atoms with van der Waals surface area (Å²) in [6.07, 6.45) is -2.80. The van der Waals surface area contributed by atoms with Crippen molar-refractivity contribution in [2.45, 2.75) is 32.7 Å². The lowest BCUT2D eigenvalue weighted by Gasteiger charge is -2.27. The van der Waals surface area contributed by atoms with Crippen molar-refractivity contribution in [3.8, 4) is 0 Å². The van der Waals surface area contributed by atoms with Gasteiger partial charge >= 0.3 is 0 Å². The summed E-state index contributed by atoms with van der Waals surface area (Å²) in [5.74, 6) is -0.630. The van der Waals surface area contributed by atoms with Crippen molar-refractivity contribution >= 4 is 5.91 Å². The van der Waals surface area contributed by atoms with Crippen LogP contribution in [0.15, 0.2) is 0 Å². The van der Waals surface area contributed by atoms with E-state index in [0.29, 0.717) is 0 Å². The molecule has 0 fully saturated rings. The Morgan fingerprint density at radius 2 is 1.87 bits per heavy atom. The highest BCUT2D eigenvalue weighted by atomic mass is 16.5. The summed E-state index contributed by atoms with van der Waals surface area (Å²) in [5.41, 5.74) is -0.915. The van der Waals surface area contributed by atoms with E-state index in [4.69, 9.17) is 15.3 Å². The molecule has 0 aliphatic heterocycles. The SMILES string of the molecule is CC(C)(CO)C(O)C(=O)NCCC(O)O. The lowest BCUT2D eigenvalue weighted by molar-refractivity contribution is -0.137. The van der Waals surface area contributed by atoms with Crippen molar-refractivity contribution in [1.82, 2.24) is 5.32 Å². The Hall–Kier alpha value is -0.690. The fourth-order valence-electron chi connectivity index (χ4n) is 0.862. The molecule has 0 radical (unpaired) electrons. The molecular weight excluding hydrogens is 202 g/mol. The van der Waals surface area contributed by atoms with Crippen molar-refractivity contribution in [3.63, 3.8) is 0 Å². The first-order chi connectivity index (χ1) is 6.81. The van der Waals surface area contributed by atoms with Gasteiger partial charge in [-0.3, -0.25) is 4.79 Å². The van der Waals surface area contributed by atoms with Gasteiger partial charge in [-0.05, 0) is 0 Å². The van der Waals surface area contributed by atoms with E-state index in [1.165, 1.54) is 0 Å². The minimum atomic E-state index is -1.48. The molecule has 1 atom stereocenters. The summed E-state index contributed by atoms with van der Waals surface area (Å²) < 4.78 is 0. The van der Waals surface area contributed by atoms with Crippen LogP contribution in [-0.2, 0) is 4.79 Å². The van der Waals surface area contributed by atoms with Gasteiger partial charge in [0.1, 0.15) is 6.10 Å². The zero-order valence-electron chi connectivity index (χ0n) is 8.97. The van der Waals surface area contributed by atoms with Crippen molar-refractivity contribution in [3.05, 3.63) is 0 Å². The van der Waals surface area contributed by atoms with Gasteiger partial charge < -0.3 is 25.7 Å². The maximum atomic E-state index is 11.3. The number of carbonyl (C=O) groups is 1. The topological polar surface area (TPSA) is 110 Å². The zero-order chi connectivity index (χ0) is 12.1. The highest BCUT2D eigenvalue weighted by Gasteiger charge is 2.32. The number of hydrogen-bond acceptors (Lipinski definition) is 5. The van der Waals surface area contributed by atoms with E-state index in [9.17, 15) is 9.90 Å². The lowest BCUT2D eigenvalue weighted by Crippen LogP contribution is -2.46. The average molecular weight is 221 g/mol. The van der Waals surface area contributed by atoms with Crippen LogP contribution in [0.4, 0.5) is 0 Å². The minimum absolute atomic E-state index is 0.00197. The van der Waals surface area contributed by atoms with Crippen LogP contribution in [0.5, 0.6) is 0 Å². The highest BCUT2D eigenvalue weighted by molar-refractivity contribution is 5.81. The van der Waals surface area contributed by atoms with E-state index in [2.05, 4.69) is 5.32 Å². The molecule has 0 spiro atoms. The number of aliphatic hydroxyl groups excluding tert-OH is 3. The Balaban J connectivity index is 4.00. The van der Waals surface area contributed by atoms with Gasteiger partial charge in [0.15, 0.2) is 6.29 Å². The molecule has 0 bridgehead atoms. The normalized spacial score (nSPS) is 14.1. The average Bonchev–Trinajstić information content (AvgIpc) is 2.15. The molecule has 15 heavy (non-hydrogen) atoms. The van der Waals surface area contributed by atoms with Crippen LogP contribution in [-0.4, -0.2) is 51.9 Å². The number of aliphatic hydroxyl groups is 4. The van der Waals surface area contributed by atoms with E-state index in [0.717, 1.165) is 0 Å². The van der Waals surface area contributed by atoms with Crippen molar-refractivity contribution in [1.29, 1.82) is 0 Å². The molecular formula is C9H19NO5. The molecule has 0 aromatic heterocycles. The van der Waals surface area contributed by atoms with E-state index in [-0.39, 0.29) is 19.6 Å². The Bertz CT molecular complexity index is 205.